The van der Waals surface area contributed by atoms with Crippen molar-refractivity contribution in [1.29, 1.82) is 0 Å². The highest BCUT2D eigenvalue weighted by Crippen LogP contribution is 2.41. The molecular weight excluding hydrogens is 973 g/mol. The lowest BCUT2D eigenvalue weighted by atomic mass is 10.00. The topological polar surface area (TPSA) is 41.1 Å². The summed E-state index contributed by atoms with van der Waals surface area (Å²) >= 11 is 0. The summed E-state index contributed by atoms with van der Waals surface area (Å²) in [5, 5.41) is 0. The number of imidazole rings is 2. The van der Waals surface area contributed by atoms with Crippen LogP contribution in [0, 0.1) is 0 Å². The number of nitrogens with zero attached hydrogens (tertiary/aromatic N) is 6. The molecule has 0 aliphatic rings. The van der Waals surface area contributed by atoms with E-state index in [1.807, 2.05) is 24.3 Å². The van der Waals surface area contributed by atoms with Crippen molar-refractivity contribution in [2.45, 2.75) is 0 Å². The maximum absolute atomic E-state index is 5.04. The zero-order chi connectivity index (χ0) is 53.2. The molecular formula is C74H52N6. The van der Waals surface area contributed by atoms with E-state index in [1.165, 1.54) is 0 Å². The van der Waals surface area contributed by atoms with E-state index in [-0.39, 0.29) is 0 Å². The van der Waals surface area contributed by atoms with Gasteiger partial charge in [0.25, 0.3) is 0 Å². The summed E-state index contributed by atoms with van der Waals surface area (Å²) in [6, 6.07) is 108. The second kappa shape index (κ2) is 21.0. The average molecular weight is 1030 g/mol. The molecule has 10 aromatic carbocycles. The van der Waals surface area contributed by atoms with Gasteiger partial charge in [0.05, 0.1) is 22.8 Å². The van der Waals surface area contributed by atoms with Gasteiger partial charge in [0.15, 0.2) is 0 Å². The van der Waals surface area contributed by atoms with Crippen LogP contribution in [-0.4, -0.2) is 18.8 Å². The van der Waals surface area contributed by atoms with Crippen molar-refractivity contribution in [3.8, 4) is 78.4 Å². The van der Waals surface area contributed by atoms with Gasteiger partial charge in [-0.05, 0) is 130 Å². The summed E-state index contributed by atoms with van der Waals surface area (Å²) in [5.41, 5.74) is 23.8. The number of para-hydroxylation sites is 2. The van der Waals surface area contributed by atoms with E-state index in [1.54, 1.807) is 0 Å². The number of pyridine rings is 2. The third kappa shape index (κ3) is 9.16. The SMILES string of the molecule is c1ccc(-c2nc3ccccn3c2-c2ccc(-c3ccc(N(c4ccccc4)c4ccc(-c5ccc(N(c6ccccc6)c6ccc(-c7ccc(-c8c(-c9ccccc9)nc9ccccn89)cc7)cc6)cc5)cc4)cc3)cc2)cc1. The van der Waals surface area contributed by atoms with Gasteiger partial charge >= 0.3 is 0 Å². The van der Waals surface area contributed by atoms with Crippen LogP contribution in [0.4, 0.5) is 34.1 Å². The zero-order valence-electron chi connectivity index (χ0n) is 43.7. The lowest BCUT2D eigenvalue weighted by Crippen LogP contribution is -2.10. The molecule has 6 heteroatoms. The molecule has 0 N–H and O–H groups in total. The molecule has 0 amide bonds. The van der Waals surface area contributed by atoms with Crippen molar-refractivity contribution >= 4 is 45.4 Å². The molecule has 0 spiro atoms. The first-order valence-corrected chi connectivity index (χ1v) is 27.0. The maximum atomic E-state index is 5.04. The molecule has 0 bridgehead atoms. The van der Waals surface area contributed by atoms with E-state index in [0.717, 1.165) is 124 Å². The van der Waals surface area contributed by atoms with Crippen molar-refractivity contribution in [2.75, 3.05) is 9.80 Å². The first-order valence-electron chi connectivity index (χ1n) is 27.0. The molecule has 14 aromatic rings. The quantitative estimate of drug-likeness (QED) is 0.115. The normalized spacial score (nSPS) is 11.2. The van der Waals surface area contributed by atoms with Gasteiger partial charge in [-0.1, -0.05) is 206 Å². The van der Waals surface area contributed by atoms with Crippen LogP contribution < -0.4 is 9.80 Å². The third-order valence-corrected chi connectivity index (χ3v) is 15.0. The smallest absolute Gasteiger partial charge is 0.137 e. The van der Waals surface area contributed by atoms with Crippen LogP contribution in [0.2, 0.25) is 0 Å². The Balaban J connectivity index is 0.704. The Bertz CT molecular complexity index is 4100. The van der Waals surface area contributed by atoms with Gasteiger partial charge in [-0.15, -0.1) is 0 Å². The molecule has 6 nitrogen and oxygen atoms in total. The van der Waals surface area contributed by atoms with E-state index < -0.39 is 0 Å². The fourth-order valence-corrected chi connectivity index (χ4v) is 11.0. The van der Waals surface area contributed by atoms with Gasteiger partial charge in [-0.2, -0.15) is 0 Å². The molecule has 4 heterocycles. The number of fused-ring (bicyclic) bond motifs is 2. The van der Waals surface area contributed by atoms with Crippen LogP contribution in [0.5, 0.6) is 0 Å². The molecule has 0 saturated carbocycles. The summed E-state index contributed by atoms with van der Waals surface area (Å²) in [4.78, 5) is 14.7. The largest absolute Gasteiger partial charge is 0.311 e. The minimum atomic E-state index is 0.927. The second-order valence-corrected chi connectivity index (χ2v) is 19.9. The van der Waals surface area contributed by atoms with Crippen LogP contribution >= 0.6 is 0 Å². The molecule has 0 atom stereocenters. The number of aromatic nitrogens is 4. The molecule has 0 unspecified atom stereocenters. The number of hydrogen-bond acceptors (Lipinski definition) is 4. The van der Waals surface area contributed by atoms with Crippen LogP contribution in [0.25, 0.3) is 89.7 Å². The Labute approximate surface area is 465 Å². The van der Waals surface area contributed by atoms with Crippen molar-refractivity contribution in [3.05, 3.63) is 316 Å². The molecule has 0 aliphatic heterocycles. The van der Waals surface area contributed by atoms with E-state index >= 15 is 0 Å². The van der Waals surface area contributed by atoms with Crippen LogP contribution in [0.1, 0.15) is 0 Å². The minimum Gasteiger partial charge on any atom is -0.311 e. The molecule has 378 valence electrons. The molecule has 0 radical (unpaired) electrons. The van der Waals surface area contributed by atoms with Crippen molar-refractivity contribution < 1.29 is 0 Å². The fraction of sp³-hybridized carbons (Fsp3) is 0. The van der Waals surface area contributed by atoms with E-state index in [2.05, 4.69) is 310 Å². The monoisotopic (exact) mass is 1020 g/mol. The molecule has 0 fully saturated rings. The van der Waals surface area contributed by atoms with E-state index in [4.69, 9.17) is 9.97 Å². The Morgan fingerprint density at radius 2 is 0.438 bits per heavy atom. The van der Waals surface area contributed by atoms with Gasteiger partial charge in [-0.3, -0.25) is 8.80 Å². The Hall–Kier alpha value is -10.8. The summed E-state index contributed by atoms with van der Waals surface area (Å²) in [7, 11) is 0. The highest BCUT2D eigenvalue weighted by molar-refractivity contribution is 5.87. The Morgan fingerprint density at radius 1 is 0.200 bits per heavy atom. The van der Waals surface area contributed by atoms with Gasteiger partial charge in [0.1, 0.15) is 11.3 Å². The highest BCUT2D eigenvalue weighted by atomic mass is 15.1. The lowest BCUT2D eigenvalue weighted by molar-refractivity contribution is 1.19. The summed E-state index contributed by atoms with van der Waals surface area (Å²) < 4.78 is 4.36. The Morgan fingerprint density at radius 3 is 0.738 bits per heavy atom. The van der Waals surface area contributed by atoms with Crippen LogP contribution in [0.3, 0.4) is 0 Å². The van der Waals surface area contributed by atoms with Crippen molar-refractivity contribution in [3.63, 3.8) is 0 Å². The standard InChI is InChI=1S/C74H52N6/c1-5-17-59(18-6-1)71-73(77-51-15-13-25-69(77)75-71)61-31-27-53(28-32-61)55-35-43-65(44-36-55)79(63-21-9-3-10-22-63)67-47-39-57(40-48-67)58-41-49-68(50-42-58)80(64-23-11-4-12-24-64)66-45-37-56(38-46-66)54-29-33-62(34-30-54)74-72(60-19-7-2-8-20-60)76-70-26-14-16-52-78(70)74/h1-52H. The minimum absolute atomic E-state index is 0.927. The number of anilines is 6. The predicted octanol–water partition coefficient (Wildman–Crippen LogP) is 19.6. The van der Waals surface area contributed by atoms with Gasteiger partial charge in [-0.25, -0.2) is 9.97 Å². The summed E-state index contributed by atoms with van der Waals surface area (Å²) in [6.45, 7) is 0. The van der Waals surface area contributed by atoms with Crippen LogP contribution in [0.15, 0.2) is 316 Å². The van der Waals surface area contributed by atoms with Crippen LogP contribution in [-0.2, 0) is 0 Å². The molecule has 0 aliphatic carbocycles. The maximum Gasteiger partial charge on any atom is 0.137 e. The fourth-order valence-electron chi connectivity index (χ4n) is 11.0. The zero-order valence-corrected chi connectivity index (χ0v) is 43.7. The number of rotatable bonds is 13. The number of benzene rings is 10. The second-order valence-electron chi connectivity index (χ2n) is 19.9. The van der Waals surface area contributed by atoms with Crippen molar-refractivity contribution in [2.24, 2.45) is 0 Å². The molecule has 0 saturated heterocycles. The predicted molar refractivity (Wildman–Crippen MR) is 331 cm³/mol. The van der Waals surface area contributed by atoms with Gasteiger partial charge in [0, 0.05) is 68.8 Å². The Kier molecular flexibility index (Phi) is 12.5. The summed E-state index contributed by atoms with van der Waals surface area (Å²) in [6.07, 6.45) is 4.18. The first-order chi connectivity index (χ1) is 39.7. The first kappa shape index (κ1) is 47.6. The molecule has 4 aromatic heterocycles. The highest BCUT2D eigenvalue weighted by Gasteiger charge is 2.20. The van der Waals surface area contributed by atoms with Crippen molar-refractivity contribution in [1.82, 2.24) is 18.8 Å². The average Bonchev–Trinajstić information content (AvgIpc) is 4.23. The summed E-state index contributed by atoms with van der Waals surface area (Å²) in [5.74, 6) is 0. The lowest BCUT2D eigenvalue weighted by Gasteiger charge is -2.26. The third-order valence-electron chi connectivity index (χ3n) is 15.0. The number of hydrogen-bond donors (Lipinski definition) is 0. The molecule has 80 heavy (non-hydrogen) atoms. The van der Waals surface area contributed by atoms with E-state index in [0.29, 0.717) is 0 Å². The molecule has 14 rings (SSSR count). The van der Waals surface area contributed by atoms with E-state index in [9.17, 15) is 0 Å². The van der Waals surface area contributed by atoms with Gasteiger partial charge in [0.2, 0.25) is 0 Å². The van der Waals surface area contributed by atoms with Gasteiger partial charge < -0.3 is 9.80 Å².